The second kappa shape index (κ2) is 13.0. The SMILES string of the molecule is O=S(=O)(C(/C=C\c1ccc(F)cc1F)c1ccc(Cl)cc1Cl)C(/C=C\c1ccc(F)cc1F)c1ccc(Cl)cc1Cl. The van der Waals surface area contributed by atoms with E-state index in [1.54, 1.807) is 0 Å². The molecule has 4 aromatic carbocycles. The van der Waals surface area contributed by atoms with Crippen LogP contribution in [0.5, 0.6) is 0 Å². The lowest BCUT2D eigenvalue weighted by Gasteiger charge is -2.23. The highest BCUT2D eigenvalue weighted by molar-refractivity contribution is 7.92. The molecule has 212 valence electrons. The largest absolute Gasteiger partial charge is 0.227 e. The molecule has 0 aromatic heterocycles. The second-order valence-corrected chi connectivity index (χ2v) is 12.7. The molecule has 0 radical (unpaired) electrons. The van der Waals surface area contributed by atoms with Crippen molar-refractivity contribution >= 4 is 68.4 Å². The lowest BCUT2D eigenvalue weighted by molar-refractivity contribution is 0.580. The first-order chi connectivity index (χ1) is 19.4. The average Bonchev–Trinajstić information content (AvgIpc) is 2.88. The molecule has 0 heterocycles. The predicted molar refractivity (Wildman–Crippen MR) is 158 cm³/mol. The molecule has 0 N–H and O–H groups in total. The molecule has 4 aromatic rings. The fourth-order valence-corrected chi connectivity index (χ4v) is 7.27. The molecule has 2 nitrogen and oxygen atoms in total. The lowest BCUT2D eigenvalue weighted by atomic mass is 10.1. The Morgan fingerprint density at radius 2 is 0.951 bits per heavy atom. The maximum absolute atomic E-state index is 14.4. The standard InChI is InChI=1S/C30H18Cl4F4O2S/c31-19-5-9-23(25(33)13-19)29(11-3-17-1-7-21(35)15-27(17)37)41(39,40)30(24-10-6-20(32)14-26(24)34)12-4-18-2-8-22(36)16-28(18)38/h1-16,29-30H/b11-3-,12-4-. The first-order valence-corrected chi connectivity index (χ1v) is 14.9. The highest BCUT2D eigenvalue weighted by Crippen LogP contribution is 2.42. The van der Waals surface area contributed by atoms with E-state index in [9.17, 15) is 26.0 Å². The Morgan fingerprint density at radius 3 is 1.29 bits per heavy atom. The van der Waals surface area contributed by atoms with Crippen LogP contribution in [0.3, 0.4) is 0 Å². The summed E-state index contributed by atoms with van der Waals surface area (Å²) in [5.41, 5.74) is 0.0425. The summed E-state index contributed by atoms with van der Waals surface area (Å²) in [6, 6.07) is 14.1. The van der Waals surface area contributed by atoms with Crippen LogP contribution in [-0.2, 0) is 9.84 Å². The zero-order valence-corrected chi connectivity index (χ0v) is 24.5. The number of rotatable bonds is 8. The molecular weight excluding hydrogens is 642 g/mol. The van der Waals surface area contributed by atoms with Crippen molar-refractivity contribution in [2.75, 3.05) is 0 Å². The smallest absolute Gasteiger partial charge is 0.171 e. The second-order valence-electron chi connectivity index (χ2n) is 8.81. The molecule has 0 aliphatic rings. The summed E-state index contributed by atoms with van der Waals surface area (Å²) in [6.45, 7) is 0. The summed E-state index contributed by atoms with van der Waals surface area (Å²) >= 11 is 24.9. The Hall–Kier alpha value is -2.81. The van der Waals surface area contributed by atoms with Crippen LogP contribution in [0.15, 0.2) is 84.9 Å². The van der Waals surface area contributed by atoms with Crippen LogP contribution in [0.2, 0.25) is 20.1 Å². The van der Waals surface area contributed by atoms with Gasteiger partial charge in [0, 0.05) is 43.4 Å². The van der Waals surface area contributed by atoms with E-state index >= 15 is 0 Å². The fraction of sp³-hybridized carbons (Fsp3) is 0.0667. The monoisotopic (exact) mass is 658 g/mol. The van der Waals surface area contributed by atoms with Gasteiger partial charge in [0.05, 0.1) is 0 Å². The lowest BCUT2D eigenvalue weighted by Crippen LogP contribution is -2.19. The van der Waals surface area contributed by atoms with Crippen LogP contribution >= 0.6 is 46.4 Å². The molecule has 4 rings (SSSR count). The van der Waals surface area contributed by atoms with Crippen molar-refractivity contribution in [3.05, 3.63) is 151 Å². The van der Waals surface area contributed by atoms with Gasteiger partial charge in [-0.05, 0) is 59.7 Å². The topological polar surface area (TPSA) is 34.1 Å². The summed E-state index contributed by atoms with van der Waals surface area (Å²) in [7, 11) is -4.44. The number of hydrogen-bond donors (Lipinski definition) is 0. The van der Waals surface area contributed by atoms with Gasteiger partial charge in [-0.1, -0.05) is 82.8 Å². The molecule has 0 saturated carbocycles. The van der Waals surface area contributed by atoms with Crippen molar-refractivity contribution in [3.63, 3.8) is 0 Å². The Kier molecular flexibility index (Phi) is 9.88. The van der Waals surface area contributed by atoms with Crippen LogP contribution in [0.25, 0.3) is 12.2 Å². The minimum Gasteiger partial charge on any atom is -0.227 e. The van der Waals surface area contributed by atoms with Crippen LogP contribution in [0.4, 0.5) is 17.6 Å². The van der Waals surface area contributed by atoms with E-state index in [1.807, 2.05) is 0 Å². The van der Waals surface area contributed by atoms with Gasteiger partial charge in [0.1, 0.15) is 33.8 Å². The molecule has 0 amide bonds. The molecule has 41 heavy (non-hydrogen) atoms. The summed E-state index contributed by atoms with van der Waals surface area (Å²) < 4.78 is 84.7. The molecule has 0 saturated heterocycles. The molecule has 0 bridgehead atoms. The van der Waals surface area contributed by atoms with Crippen molar-refractivity contribution in [3.8, 4) is 0 Å². The van der Waals surface area contributed by atoms with Crippen LogP contribution in [0.1, 0.15) is 32.8 Å². The molecule has 2 unspecified atom stereocenters. The average molecular weight is 660 g/mol. The van der Waals surface area contributed by atoms with Crippen molar-refractivity contribution in [1.82, 2.24) is 0 Å². The van der Waals surface area contributed by atoms with Crippen molar-refractivity contribution < 1.29 is 26.0 Å². The number of benzene rings is 4. The van der Waals surface area contributed by atoms with Gasteiger partial charge in [-0.2, -0.15) is 0 Å². The van der Waals surface area contributed by atoms with Crippen molar-refractivity contribution in [1.29, 1.82) is 0 Å². The quantitative estimate of drug-likeness (QED) is 0.176. The van der Waals surface area contributed by atoms with Gasteiger partial charge >= 0.3 is 0 Å². The third-order valence-electron chi connectivity index (χ3n) is 6.07. The van der Waals surface area contributed by atoms with E-state index in [-0.39, 0.29) is 42.3 Å². The highest BCUT2D eigenvalue weighted by atomic mass is 35.5. The van der Waals surface area contributed by atoms with E-state index in [2.05, 4.69) is 0 Å². The van der Waals surface area contributed by atoms with Crippen LogP contribution in [0, 0.1) is 23.3 Å². The predicted octanol–water partition coefficient (Wildman–Crippen LogP) is 10.5. The first-order valence-electron chi connectivity index (χ1n) is 11.8. The van der Waals surface area contributed by atoms with Crippen LogP contribution < -0.4 is 0 Å². The van der Waals surface area contributed by atoms with Gasteiger partial charge in [0.15, 0.2) is 9.84 Å². The number of sulfone groups is 1. The highest BCUT2D eigenvalue weighted by Gasteiger charge is 2.36. The summed E-state index contributed by atoms with van der Waals surface area (Å²) in [5, 5.41) is -2.54. The molecule has 2 atom stereocenters. The van der Waals surface area contributed by atoms with Gasteiger partial charge < -0.3 is 0 Å². The van der Waals surface area contributed by atoms with Gasteiger partial charge in [-0.15, -0.1) is 0 Å². The maximum atomic E-state index is 14.4. The van der Waals surface area contributed by atoms with Gasteiger partial charge in [-0.3, -0.25) is 0 Å². The molecule has 0 fully saturated rings. The Balaban J connectivity index is 1.92. The third-order valence-corrected chi connectivity index (χ3v) is 9.43. The van der Waals surface area contributed by atoms with Crippen molar-refractivity contribution in [2.24, 2.45) is 0 Å². The van der Waals surface area contributed by atoms with Gasteiger partial charge in [-0.25, -0.2) is 26.0 Å². The Bertz CT molecular complexity index is 1650. The first kappa shape index (κ1) is 31.1. The van der Waals surface area contributed by atoms with Crippen molar-refractivity contribution in [2.45, 2.75) is 10.5 Å². The normalized spacial score (nSPS) is 13.7. The molecular formula is C30H18Cl4F4O2S. The van der Waals surface area contributed by atoms with E-state index in [0.29, 0.717) is 12.1 Å². The third kappa shape index (κ3) is 7.34. The minimum atomic E-state index is -4.44. The fourth-order valence-electron chi connectivity index (χ4n) is 4.06. The zero-order chi connectivity index (χ0) is 29.9. The van der Waals surface area contributed by atoms with E-state index < -0.39 is 43.6 Å². The summed E-state index contributed by atoms with van der Waals surface area (Å²) in [4.78, 5) is 0. The molecule has 11 heteroatoms. The minimum absolute atomic E-state index is 0.00446. The molecule has 0 aliphatic heterocycles. The van der Waals surface area contributed by atoms with Crippen LogP contribution in [-0.4, -0.2) is 8.42 Å². The Morgan fingerprint density at radius 1 is 0.561 bits per heavy atom. The van der Waals surface area contributed by atoms with Gasteiger partial charge in [0.2, 0.25) is 0 Å². The van der Waals surface area contributed by atoms with E-state index in [1.165, 1.54) is 60.7 Å². The molecule has 0 aliphatic carbocycles. The summed E-state index contributed by atoms with van der Waals surface area (Å²) in [5.74, 6) is -3.44. The number of halogens is 8. The maximum Gasteiger partial charge on any atom is 0.171 e. The number of hydrogen-bond acceptors (Lipinski definition) is 2. The zero-order valence-electron chi connectivity index (χ0n) is 20.6. The molecule has 0 spiro atoms. The van der Waals surface area contributed by atoms with E-state index in [0.717, 1.165) is 24.3 Å². The Labute approximate surface area is 254 Å². The van der Waals surface area contributed by atoms with E-state index in [4.69, 9.17) is 46.4 Å². The summed E-state index contributed by atoms with van der Waals surface area (Å²) in [6.07, 6.45) is 4.77. The van der Waals surface area contributed by atoms with Gasteiger partial charge in [0.25, 0.3) is 0 Å².